The first-order valence-electron chi connectivity index (χ1n) is 9.77. The van der Waals surface area contributed by atoms with E-state index in [2.05, 4.69) is 54.4 Å². The Morgan fingerprint density at radius 2 is 1.72 bits per heavy atom. The zero-order chi connectivity index (χ0) is 17.7. The molecule has 3 nitrogen and oxygen atoms in total. The highest BCUT2D eigenvalue weighted by Gasteiger charge is 2.21. The quantitative estimate of drug-likeness (QED) is 0.540. The second-order valence-electron chi connectivity index (χ2n) is 6.69. The van der Waals surface area contributed by atoms with E-state index in [-0.39, 0.29) is 0 Å². The molecular weight excluding hydrogens is 310 g/mol. The van der Waals surface area contributed by atoms with Crippen molar-refractivity contribution in [3.05, 3.63) is 60.0 Å². The van der Waals surface area contributed by atoms with Gasteiger partial charge in [-0.2, -0.15) is 0 Å². The number of benzene rings is 1. The van der Waals surface area contributed by atoms with Gasteiger partial charge in [0.25, 0.3) is 0 Å². The van der Waals surface area contributed by atoms with Crippen LogP contribution in [0, 0.1) is 0 Å². The minimum atomic E-state index is 0.328. The molecule has 138 valence electrons. The lowest BCUT2D eigenvalue weighted by Gasteiger charge is -2.33. The van der Waals surface area contributed by atoms with Gasteiger partial charge in [0.2, 0.25) is 0 Å². The highest BCUT2D eigenvalue weighted by molar-refractivity contribution is 5.20. The number of allylic oxidation sites excluding steroid dienone is 2. The lowest BCUT2D eigenvalue weighted by molar-refractivity contribution is 0.132. The Kier molecular flexibility index (Phi) is 9.21. The standard InChI is InChI=1S/C22H33NO2/c1-2-21-22(25-19-20-13-8-7-9-14-20)15-12-17-23(21)16-10-5-3-4-6-11-18-24/h7-9,12-15,17,21,24H,2-6,10-11,16,18-19H2,1H3. The van der Waals surface area contributed by atoms with Crippen molar-refractivity contribution in [2.45, 2.75) is 64.5 Å². The predicted octanol–water partition coefficient (Wildman–Crippen LogP) is 5.03. The molecule has 0 saturated carbocycles. The molecule has 0 aliphatic carbocycles. The fraction of sp³-hybridized carbons (Fsp3) is 0.545. The summed E-state index contributed by atoms with van der Waals surface area (Å²) in [7, 11) is 0. The smallest absolute Gasteiger partial charge is 0.119 e. The summed E-state index contributed by atoms with van der Waals surface area (Å²) in [5.41, 5.74) is 1.21. The molecule has 0 radical (unpaired) electrons. The van der Waals surface area contributed by atoms with E-state index in [0.717, 1.165) is 31.6 Å². The van der Waals surface area contributed by atoms with E-state index in [1.54, 1.807) is 0 Å². The van der Waals surface area contributed by atoms with Crippen LogP contribution in [0.3, 0.4) is 0 Å². The molecule has 1 heterocycles. The second kappa shape index (κ2) is 11.8. The van der Waals surface area contributed by atoms with Crippen molar-refractivity contribution in [3.63, 3.8) is 0 Å². The zero-order valence-corrected chi connectivity index (χ0v) is 15.6. The molecule has 0 saturated heterocycles. The number of aliphatic hydroxyl groups excluding tert-OH is 1. The molecule has 3 heteroatoms. The van der Waals surface area contributed by atoms with Crippen LogP contribution < -0.4 is 0 Å². The van der Waals surface area contributed by atoms with Crippen molar-refractivity contribution in [1.82, 2.24) is 4.90 Å². The van der Waals surface area contributed by atoms with Crippen LogP contribution >= 0.6 is 0 Å². The minimum absolute atomic E-state index is 0.328. The van der Waals surface area contributed by atoms with E-state index < -0.39 is 0 Å². The summed E-state index contributed by atoms with van der Waals surface area (Å²) in [6.07, 6.45) is 14.5. The van der Waals surface area contributed by atoms with Gasteiger partial charge >= 0.3 is 0 Å². The fourth-order valence-electron chi connectivity index (χ4n) is 3.29. The van der Waals surface area contributed by atoms with Gasteiger partial charge in [-0.15, -0.1) is 0 Å². The number of rotatable bonds is 12. The van der Waals surface area contributed by atoms with E-state index in [0.29, 0.717) is 19.3 Å². The fourth-order valence-corrected chi connectivity index (χ4v) is 3.29. The van der Waals surface area contributed by atoms with Gasteiger partial charge in [0.1, 0.15) is 12.4 Å². The number of hydrogen-bond donors (Lipinski definition) is 1. The van der Waals surface area contributed by atoms with Crippen molar-refractivity contribution in [1.29, 1.82) is 0 Å². The normalized spacial score (nSPS) is 16.8. The maximum atomic E-state index is 8.81. The third-order valence-electron chi connectivity index (χ3n) is 4.73. The van der Waals surface area contributed by atoms with Crippen LogP contribution in [0.1, 0.15) is 57.4 Å². The SMILES string of the molecule is CCC1C(OCc2ccccc2)=CC=CN1CCCCCCCCO. The van der Waals surface area contributed by atoms with Crippen LogP contribution in [0.25, 0.3) is 0 Å². The van der Waals surface area contributed by atoms with Gasteiger partial charge in [-0.25, -0.2) is 0 Å². The van der Waals surface area contributed by atoms with E-state index in [1.165, 1.54) is 31.2 Å². The highest BCUT2D eigenvalue weighted by atomic mass is 16.5. The maximum absolute atomic E-state index is 8.81. The molecule has 1 unspecified atom stereocenters. The summed E-state index contributed by atoms with van der Waals surface area (Å²) in [6.45, 7) is 4.27. The van der Waals surface area contributed by atoms with Crippen molar-refractivity contribution in [2.75, 3.05) is 13.2 Å². The van der Waals surface area contributed by atoms with Gasteiger partial charge < -0.3 is 14.7 Å². The summed E-state index contributed by atoms with van der Waals surface area (Å²) in [4.78, 5) is 2.42. The molecule has 0 amide bonds. The molecule has 1 N–H and O–H groups in total. The highest BCUT2D eigenvalue weighted by Crippen LogP contribution is 2.22. The van der Waals surface area contributed by atoms with Gasteiger partial charge in [-0.3, -0.25) is 0 Å². The molecule has 0 bridgehead atoms. The van der Waals surface area contributed by atoms with Crippen LogP contribution in [0.2, 0.25) is 0 Å². The largest absolute Gasteiger partial charge is 0.491 e. The minimum Gasteiger partial charge on any atom is -0.491 e. The molecule has 1 aliphatic rings. The Morgan fingerprint density at radius 1 is 1.00 bits per heavy atom. The molecule has 2 rings (SSSR count). The summed E-state index contributed by atoms with van der Waals surface area (Å²) >= 11 is 0. The van der Waals surface area contributed by atoms with Gasteiger partial charge in [-0.1, -0.05) is 62.9 Å². The van der Waals surface area contributed by atoms with Gasteiger partial charge in [0.05, 0.1) is 6.04 Å². The number of nitrogens with zero attached hydrogens (tertiary/aromatic N) is 1. The molecule has 0 aromatic heterocycles. The van der Waals surface area contributed by atoms with Gasteiger partial charge in [-0.05, 0) is 43.2 Å². The Morgan fingerprint density at radius 3 is 2.44 bits per heavy atom. The number of ether oxygens (including phenoxy) is 1. The molecular formula is C22H33NO2. The molecule has 1 aromatic rings. The lowest BCUT2D eigenvalue weighted by Crippen LogP contribution is -2.35. The zero-order valence-electron chi connectivity index (χ0n) is 15.6. The van der Waals surface area contributed by atoms with Crippen LogP contribution in [-0.4, -0.2) is 29.2 Å². The monoisotopic (exact) mass is 343 g/mol. The summed E-state index contributed by atoms with van der Waals surface area (Å²) in [6, 6.07) is 10.7. The van der Waals surface area contributed by atoms with E-state index in [1.807, 2.05) is 6.07 Å². The Bertz CT molecular complexity index is 524. The number of aliphatic hydroxyl groups is 1. The first-order valence-corrected chi connectivity index (χ1v) is 9.77. The molecule has 0 fully saturated rings. The topological polar surface area (TPSA) is 32.7 Å². The molecule has 1 atom stereocenters. The van der Waals surface area contributed by atoms with Crippen molar-refractivity contribution in [3.8, 4) is 0 Å². The molecule has 0 spiro atoms. The third-order valence-corrected chi connectivity index (χ3v) is 4.73. The molecule has 25 heavy (non-hydrogen) atoms. The number of hydrogen-bond acceptors (Lipinski definition) is 3. The summed E-state index contributed by atoms with van der Waals surface area (Å²) in [5, 5.41) is 8.81. The molecule has 1 aromatic carbocycles. The summed E-state index contributed by atoms with van der Waals surface area (Å²) in [5.74, 6) is 1.08. The Balaban J connectivity index is 1.73. The average Bonchev–Trinajstić information content (AvgIpc) is 2.66. The van der Waals surface area contributed by atoms with E-state index in [9.17, 15) is 0 Å². The van der Waals surface area contributed by atoms with Crippen molar-refractivity contribution < 1.29 is 9.84 Å². The van der Waals surface area contributed by atoms with Crippen LogP contribution in [0.4, 0.5) is 0 Å². The second-order valence-corrected chi connectivity index (χ2v) is 6.69. The first kappa shape index (κ1) is 19.6. The van der Waals surface area contributed by atoms with Crippen LogP contribution in [-0.2, 0) is 11.3 Å². The van der Waals surface area contributed by atoms with E-state index >= 15 is 0 Å². The maximum Gasteiger partial charge on any atom is 0.119 e. The molecule has 1 aliphatic heterocycles. The first-order chi connectivity index (χ1) is 12.3. The van der Waals surface area contributed by atoms with E-state index in [4.69, 9.17) is 9.84 Å². The van der Waals surface area contributed by atoms with Crippen molar-refractivity contribution >= 4 is 0 Å². The van der Waals surface area contributed by atoms with Gasteiger partial charge in [0.15, 0.2) is 0 Å². The van der Waals surface area contributed by atoms with Crippen LogP contribution in [0.5, 0.6) is 0 Å². The average molecular weight is 344 g/mol. The number of unbranched alkanes of at least 4 members (excludes halogenated alkanes) is 5. The van der Waals surface area contributed by atoms with Crippen molar-refractivity contribution in [2.24, 2.45) is 0 Å². The lowest BCUT2D eigenvalue weighted by atomic mass is 10.1. The Hall–Kier alpha value is -1.74. The summed E-state index contributed by atoms with van der Waals surface area (Å²) < 4.78 is 6.12. The third kappa shape index (κ3) is 6.95. The predicted molar refractivity (Wildman–Crippen MR) is 104 cm³/mol. The van der Waals surface area contributed by atoms with Crippen LogP contribution in [0.15, 0.2) is 54.4 Å². The van der Waals surface area contributed by atoms with Gasteiger partial charge in [0, 0.05) is 13.2 Å². The Labute approximate surface area is 153 Å².